The molecule has 0 bridgehead atoms. The number of alkyl halides is 3. The van der Waals surface area contributed by atoms with Gasteiger partial charge >= 0.3 is 6.18 Å². The molecular formula is C12H22F3NS. The van der Waals surface area contributed by atoms with Gasteiger partial charge < -0.3 is 5.32 Å². The van der Waals surface area contributed by atoms with Crippen molar-refractivity contribution in [2.45, 2.75) is 57.3 Å². The molecule has 0 aromatic heterocycles. The Morgan fingerprint density at radius 3 is 2.47 bits per heavy atom. The van der Waals surface area contributed by atoms with Crippen LogP contribution in [0.4, 0.5) is 13.2 Å². The zero-order valence-electron chi connectivity index (χ0n) is 10.5. The maximum absolute atomic E-state index is 12.9. The van der Waals surface area contributed by atoms with Gasteiger partial charge in [-0.1, -0.05) is 19.8 Å². The van der Waals surface area contributed by atoms with Crippen LogP contribution in [0.15, 0.2) is 0 Å². The van der Waals surface area contributed by atoms with E-state index >= 15 is 0 Å². The van der Waals surface area contributed by atoms with E-state index in [1.54, 1.807) is 11.8 Å². The van der Waals surface area contributed by atoms with Gasteiger partial charge in [0.1, 0.15) is 0 Å². The third-order valence-electron chi connectivity index (χ3n) is 3.50. The molecule has 0 heterocycles. The molecule has 0 aromatic rings. The third-order valence-corrected chi connectivity index (χ3v) is 4.23. The minimum absolute atomic E-state index is 0.206. The SMILES string of the molecule is CCC(CSC)NC1CCCCC1C(F)(F)F. The van der Waals surface area contributed by atoms with Crippen LogP contribution in [0, 0.1) is 5.92 Å². The van der Waals surface area contributed by atoms with Crippen LogP contribution in [0.5, 0.6) is 0 Å². The number of rotatable bonds is 5. The lowest BCUT2D eigenvalue weighted by molar-refractivity contribution is -0.189. The molecular weight excluding hydrogens is 247 g/mol. The normalized spacial score (nSPS) is 28.1. The average Bonchev–Trinajstić information content (AvgIpc) is 2.27. The standard InChI is InChI=1S/C12H22F3NS/c1-3-9(8-17-2)16-11-7-5-4-6-10(11)12(13,14)15/h9-11,16H,3-8H2,1-2H3. The predicted molar refractivity (Wildman–Crippen MR) is 67.4 cm³/mol. The zero-order chi connectivity index (χ0) is 12.9. The summed E-state index contributed by atoms with van der Waals surface area (Å²) in [4.78, 5) is 0. The summed E-state index contributed by atoms with van der Waals surface area (Å²) in [5, 5.41) is 3.22. The third kappa shape index (κ3) is 4.70. The Balaban J connectivity index is 2.58. The number of thioether (sulfide) groups is 1. The quantitative estimate of drug-likeness (QED) is 0.814. The molecule has 102 valence electrons. The van der Waals surface area contributed by atoms with Crippen molar-refractivity contribution >= 4 is 11.8 Å². The number of hydrogen-bond donors (Lipinski definition) is 1. The fourth-order valence-electron chi connectivity index (χ4n) is 2.51. The van der Waals surface area contributed by atoms with Crippen LogP contribution in [0.1, 0.15) is 39.0 Å². The van der Waals surface area contributed by atoms with Crippen LogP contribution < -0.4 is 5.32 Å². The van der Waals surface area contributed by atoms with Crippen molar-refractivity contribution in [1.29, 1.82) is 0 Å². The second-order valence-electron chi connectivity index (χ2n) is 4.77. The van der Waals surface area contributed by atoms with Crippen LogP contribution in [-0.2, 0) is 0 Å². The first kappa shape index (κ1) is 15.2. The molecule has 1 nitrogen and oxygen atoms in total. The Labute approximate surface area is 106 Å². The minimum atomic E-state index is -4.05. The second-order valence-corrected chi connectivity index (χ2v) is 5.68. The lowest BCUT2D eigenvalue weighted by Gasteiger charge is -2.36. The molecule has 1 rings (SSSR count). The Morgan fingerprint density at radius 2 is 1.94 bits per heavy atom. The fraction of sp³-hybridized carbons (Fsp3) is 1.00. The van der Waals surface area contributed by atoms with E-state index in [0.29, 0.717) is 12.8 Å². The van der Waals surface area contributed by atoms with E-state index in [0.717, 1.165) is 18.6 Å². The number of halogens is 3. The highest BCUT2D eigenvalue weighted by Crippen LogP contribution is 2.38. The molecule has 0 aliphatic heterocycles. The molecule has 0 aromatic carbocycles. The van der Waals surface area contributed by atoms with Gasteiger partial charge in [0.15, 0.2) is 0 Å². The smallest absolute Gasteiger partial charge is 0.310 e. The van der Waals surface area contributed by atoms with Crippen LogP contribution >= 0.6 is 11.8 Å². The molecule has 3 unspecified atom stereocenters. The summed E-state index contributed by atoms with van der Waals surface area (Å²) in [5.74, 6) is -0.260. The van der Waals surface area contributed by atoms with Gasteiger partial charge in [0.2, 0.25) is 0 Å². The summed E-state index contributed by atoms with van der Waals surface area (Å²) in [6, 6.07) is -0.168. The maximum Gasteiger partial charge on any atom is 0.393 e. The topological polar surface area (TPSA) is 12.0 Å². The van der Waals surface area contributed by atoms with Crippen molar-refractivity contribution in [2.75, 3.05) is 12.0 Å². The van der Waals surface area contributed by atoms with E-state index in [9.17, 15) is 13.2 Å². The fourth-order valence-corrected chi connectivity index (χ4v) is 3.24. The van der Waals surface area contributed by atoms with E-state index in [-0.39, 0.29) is 18.5 Å². The molecule has 5 heteroatoms. The molecule has 0 amide bonds. The molecule has 1 N–H and O–H groups in total. The summed E-state index contributed by atoms with van der Waals surface area (Å²) in [6.45, 7) is 2.03. The molecule has 0 spiro atoms. The summed E-state index contributed by atoms with van der Waals surface area (Å²) >= 11 is 1.69. The highest BCUT2D eigenvalue weighted by molar-refractivity contribution is 7.98. The second kappa shape index (κ2) is 6.88. The highest BCUT2D eigenvalue weighted by Gasteiger charge is 2.45. The van der Waals surface area contributed by atoms with Crippen LogP contribution in [0.25, 0.3) is 0 Å². The molecule has 1 aliphatic carbocycles. The van der Waals surface area contributed by atoms with E-state index in [1.807, 2.05) is 13.2 Å². The molecule has 3 atom stereocenters. The van der Waals surface area contributed by atoms with Crippen molar-refractivity contribution in [3.63, 3.8) is 0 Å². The van der Waals surface area contributed by atoms with Crippen molar-refractivity contribution < 1.29 is 13.2 Å². The van der Waals surface area contributed by atoms with E-state index in [1.165, 1.54) is 0 Å². The van der Waals surface area contributed by atoms with Crippen molar-refractivity contribution in [1.82, 2.24) is 5.32 Å². The van der Waals surface area contributed by atoms with Gasteiger partial charge in [-0.15, -0.1) is 0 Å². The van der Waals surface area contributed by atoms with Crippen molar-refractivity contribution in [2.24, 2.45) is 5.92 Å². The van der Waals surface area contributed by atoms with Gasteiger partial charge in [0, 0.05) is 17.8 Å². The van der Waals surface area contributed by atoms with Crippen molar-refractivity contribution in [3.05, 3.63) is 0 Å². The first-order valence-corrected chi connectivity index (χ1v) is 7.70. The van der Waals surface area contributed by atoms with E-state index in [4.69, 9.17) is 0 Å². The van der Waals surface area contributed by atoms with Crippen LogP contribution in [0.3, 0.4) is 0 Å². The van der Waals surface area contributed by atoms with Crippen LogP contribution in [-0.4, -0.2) is 30.3 Å². The summed E-state index contributed by atoms with van der Waals surface area (Å²) < 4.78 is 38.7. The van der Waals surface area contributed by atoms with Gasteiger partial charge in [-0.05, 0) is 25.5 Å². The first-order valence-electron chi connectivity index (χ1n) is 6.30. The van der Waals surface area contributed by atoms with E-state index < -0.39 is 12.1 Å². The Hall–Kier alpha value is 0.100. The van der Waals surface area contributed by atoms with Gasteiger partial charge in [0.05, 0.1) is 5.92 Å². The monoisotopic (exact) mass is 269 g/mol. The molecule has 0 saturated heterocycles. The Kier molecular flexibility index (Phi) is 6.13. The summed E-state index contributed by atoms with van der Waals surface area (Å²) in [5.41, 5.74) is 0. The molecule has 1 fully saturated rings. The average molecular weight is 269 g/mol. The zero-order valence-corrected chi connectivity index (χ0v) is 11.3. The minimum Gasteiger partial charge on any atom is -0.310 e. The number of hydrogen-bond acceptors (Lipinski definition) is 2. The summed E-state index contributed by atoms with van der Waals surface area (Å²) in [7, 11) is 0. The molecule has 17 heavy (non-hydrogen) atoms. The molecule has 1 aliphatic rings. The lowest BCUT2D eigenvalue weighted by Crippen LogP contribution is -2.49. The maximum atomic E-state index is 12.9. The highest BCUT2D eigenvalue weighted by atomic mass is 32.2. The van der Waals surface area contributed by atoms with Crippen LogP contribution in [0.2, 0.25) is 0 Å². The lowest BCUT2D eigenvalue weighted by atomic mass is 9.83. The van der Waals surface area contributed by atoms with E-state index in [2.05, 4.69) is 5.32 Å². The number of nitrogens with one attached hydrogen (secondary N) is 1. The molecule has 1 saturated carbocycles. The predicted octanol–water partition coefficient (Wildman–Crippen LogP) is 3.84. The van der Waals surface area contributed by atoms with Gasteiger partial charge in [0.25, 0.3) is 0 Å². The Bertz CT molecular complexity index is 220. The van der Waals surface area contributed by atoms with Crippen molar-refractivity contribution in [3.8, 4) is 0 Å². The van der Waals surface area contributed by atoms with Gasteiger partial charge in [-0.2, -0.15) is 24.9 Å². The largest absolute Gasteiger partial charge is 0.393 e. The van der Waals surface area contributed by atoms with Gasteiger partial charge in [-0.25, -0.2) is 0 Å². The summed E-state index contributed by atoms with van der Waals surface area (Å²) in [6.07, 6.45) is 1.41. The van der Waals surface area contributed by atoms with Gasteiger partial charge in [-0.3, -0.25) is 0 Å². The molecule has 0 radical (unpaired) electrons. The Morgan fingerprint density at radius 1 is 1.29 bits per heavy atom. The first-order chi connectivity index (χ1) is 7.99.